The van der Waals surface area contributed by atoms with Crippen LogP contribution < -0.4 is 5.32 Å². The maximum Gasteiger partial charge on any atom is 0.249 e. The molecule has 0 unspecified atom stereocenters. The minimum absolute atomic E-state index is 0.113. The van der Waals surface area contributed by atoms with Gasteiger partial charge < -0.3 is 14.8 Å². The van der Waals surface area contributed by atoms with E-state index >= 15 is 0 Å². The Kier molecular flexibility index (Phi) is 4.17. The molecule has 0 atom stereocenters. The summed E-state index contributed by atoms with van der Waals surface area (Å²) in [6, 6.07) is 4.60. The van der Waals surface area contributed by atoms with E-state index in [-0.39, 0.29) is 5.75 Å². The predicted octanol–water partition coefficient (Wildman–Crippen LogP) is 2.25. The van der Waals surface area contributed by atoms with E-state index < -0.39 is 0 Å². The molecule has 1 aromatic heterocycles. The molecule has 18 heavy (non-hydrogen) atoms. The highest BCUT2D eigenvalue weighted by atomic mass is 35.5. The fraction of sp³-hybridized carbons (Fsp3) is 0.333. The number of rotatable bonds is 5. The van der Waals surface area contributed by atoms with Crippen molar-refractivity contribution in [2.24, 2.45) is 0 Å². The van der Waals surface area contributed by atoms with E-state index in [1.807, 2.05) is 6.92 Å². The first-order valence-corrected chi connectivity index (χ1v) is 6.10. The lowest BCUT2D eigenvalue weighted by Gasteiger charge is -1.99. The molecule has 0 aliphatic heterocycles. The third-order valence-corrected chi connectivity index (χ3v) is 2.74. The van der Waals surface area contributed by atoms with Gasteiger partial charge in [-0.3, -0.25) is 0 Å². The number of hydrogen-bond acceptors (Lipinski definition) is 5. The van der Waals surface area contributed by atoms with Crippen molar-refractivity contribution in [2.75, 3.05) is 13.1 Å². The second-order valence-corrected chi connectivity index (χ2v) is 4.18. The van der Waals surface area contributed by atoms with Crippen molar-refractivity contribution in [2.45, 2.75) is 13.3 Å². The topological polar surface area (TPSA) is 71.2 Å². The predicted molar refractivity (Wildman–Crippen MR) is 68.7 cm³/mol. The number of hydrogen-bond donors (Lipinski definition) is 2. The van der Waals surface area contributed by atoms with Gasteiger partial charge in [-0.1, -0.05) is 18.5 Å². The summed E-state index contributed by atoms with van der Waals surface area (Å²) in [5, 5.41) is 20.9. The lowest BCUT2D eigenvalue weighted by Crippen LogP contribution is -2.16. The zero-order chi connectivity index (χ0) is 13.0. The first kappa shape index (κ1) is 12.9. The summed E-state index contributed by atoms with van der Waals surface area (Å²) in [7, 11) is 0. The Morgan fingerprint density at radius 1 is 1.39 bits per heavy atom. The molecule has 2 rings (SSSR count). The average Bonchev–Trinajstić information content (AvgIpc) is 2.81. The molecule has 1 aromatic carbocycles. The van der Waals surface area contributed by atoms with Gasteiger partial charge in [0.05, 0.1) is 10.6 Å². The van der Waals surface area contributed by atoms with Crippen LogP contribution in [0.3, 0.4) is 0 Å². The van der Waals surface area contributed by atoms with Gasteiger partial charge in [0.15, 0.2) is 0 Å². The van der Waals surface area contributed by atoms with Crippen LogP contribution in [-0.2, 0) is 6.42 Å². The van der Waals surface area contributed by atoms with Crippen LogP contribution in [0.1, 0.15) is 12.8 Å². The summed E-state index contributed by atoms with van der Waals surface area (Å²) in [6.45, 7) is 3.72. The molecular weight excluding hydrogens is 254 g/mol. The maximum atomic E-state index is 9.42. The van der Waals surface area contributed by atoms with Gasteiger partial charge in [-0.2, -0.15) is 0 Å². The Hall–Kier alpha value is -1.59. The molecule has 1 heterocycles. The molecular formula is C12H14ClN3O2. The van der Waals surface area contributed by atoms with Crippen LogP contribution in [-0.4, -0.2) is 28.4 Å². The summed E-state index contributed by atoms with van der Waals surface area (Å²) in [5.41, 5.74) is 0.541. The van der Waals surface area contributed by atoms with Crippen LogP contribution in [0.5, 0.6) is 5.75 Å². The van der Waals surface area contributed by atoms with Gasteiger partial charge in [0, 0.05) is 13.0 Å². The number of aromatic hydroxyl groups is 1. The molecule has 2 aromatic rings. The lowest BCUT2D eigenvalue weighted by atomic mass is 10.2. The fourth-order valence-corrected chi connectivity index (χ4v) is 1.71. The molecule has 0 aliphatic rings. The number of phenolic OH excluding ortho intramolecular Hbond substituents is 1. The number of likely N-dealkylation sites (N-methyl/N-ethyl adjacent to an activating group) is 1. The van der Waals surface area contributed by atoms with Crippen molar-refractivity contribution in [1.29, 1.82) is 0 Å². The summed E-state index contributed by atoms with van der Waals surface area (Å²) >= 11 is 6.02. The largest absolute Gasteiger partial charge is 0.508 e. The van der Waals surface area contributed by atoms with Gasteiger partial charge in [-0.05, 0) is 24.7 Å². The van der Waals surface area contributed by atoms with Gasteiger partial charge in [-0.25, -0.2) is 0 Å². The number of benzene rings is 1. The van der Waals surface area contributed by atoms with Crippen LogP contribution in [0.4, 0.5) is 0 Å². The Balaban J connectivity index is 2.16. The minimum Gasteiger partial charge on any atom is -0.508 e. The smallest absolute Gasteiger partial charge is 0.249 e. The van der Waals surface area contributed by atoms with Crippen LogP contribution in [0.25, 0.3) is 11.5 Å². The third kappa shape index (κ3) is 3.00. The second kappa shape index (κ2) is 5.84. The number of halogens is 1. The molecule has 0 saturated heterocycles. The normalized spacial score (nSPS) is 10.8. The average molecular weight is 268 g/mol. The zero-order valence-electron chi connectivity index (χ0n) is 9.98. The Labute approximate surface area is 110 Å². The van der Waals surface area contributed by atoms with E-state index in [1.54, 1.807) is 6.07 Å². The van der Waals surface area contributed by atoms with Crippen LogP contribution in [0.2, 0.25) is 5.02 Å². The molecule has 0 amide bonds. The van der Waals surface area contributed by atoms with E-state index in [4.69, 9.17) is 16.0 Å². The van der Waals surface area contributed by atoms with Crippen LogP contribution >= 0.6 is 11.6 Å². The molecule has 6 heteroatoms. The highest BCUT2D eigenvalue weighted by molar-refractivity contribution is 6.33. The molecule has 0 aliphatic carbocycles. The standard InChI is InChI=1S/C12H14ClN3O2/c1-2-14-6-5-11-15-16-12(18-11)9-7-8(17)3-4-10(9)13/h3-4,7,14,17H,2,5-6H2,1H3. The minimum atomic E-state index is 0.113. The van der Waals surface area contributed by atoms with Crippen molar-refractivity contribution in [3.05, 3.63) is 29.1 Å². The number of aromatic nitrogens is 2. The van der Waals surface area contributed by atoms with Gasteiger partial charge >= 0.3 is 0 Å². The molecule has 96 valence electrons. The molecule has 5 nitrogen and oxygen atoms in total. The van der Waals surface area contributed by atoms with E-state index in [1.165, 1.54) is 12.1 Å². The summed E-state index contributed by atoms with van der Waals surface area (Å²) in [6.07, 6.45) is 0.664. The summed E-state index contributed by atoms with van der Waals surface area (Å²) in [4.78, 5) is 0. The van der Waals surface area contributed by atoms with Crippen molar-refractivity contribution < 1.29 is 9.52 Å². The number of nitrogens with zero attached hydrogens (tertiary/aromatic N) is 2. The van der Waals surface area contributed by atoms with Crippen molar-refractivity contribution in [3.8, 4) is 17.2 Å². The number of nitrogens with one attached hydrogen (secondary N) is 1. The summed E-state index contributed by atoms with van der Waals surface area (Å²) < 4.78 is 5.49. The van der Waals surface area contributed by atoms with Gasteiger partial charge in [-0.15, -0.1) is 10.2 Å². The Morgan fingerprint density at radius 2 is 2.22 bits per heavy atom. The van der Waals surface area contributed by atoms with E-state index in [0.717, 1.165) is 13.1 Å². The molecule has 0 bridgehead atoms. The maximum absolute atomic E-state index is 9.42. The highest BCUT2D eigenvalue weighted by Crippen LogP contribution is 2.30. The Morgan fingerprint density at radius 3 is 3.00 bits per heavy atom. The molecule has 2 N–H and O–H groups in total. The van der Waals surface area contributed by atoms with E-state index in [2.05, 4.69) is 15.5 Å². The van der Waals surface area contributed by atoms with Crippen molar-refractivity contribution in [3.63, 3.8) is 0 Å². The van der Waals surface area contributed by atoms with Crippen molar-refractivity contribution in [1.82, 2.24) is 15.5 Å². The van der Waals surface area contributed by atoms with E-state index in [0.29, 0.717) is 28.8 Å². The SMILES string of the molecule is CCNCCc1nnc(-c2cc(O)ccc2Cl)o1. The van der Waals surface area contributed by atoms with Gasteiger partial charge in [0.1, 0.15) is 5.75 Å². The Bertz CT molecular complexity index is 528. The molecule has 0 saturated carbocycles. The number of phenols is 1. The molecule has 0 fully saturated rings. The molecule has 0 spiro atoms. The van der Waals surface area contributed by atoms with Crippen molar-refractivity contribution >= 4 is 11.6 Å². The quantitative estimate of drug-likeness (QED) is 0.813. The van der Waals surface area contributed by atoms with Crippen LogP contribution in [0, 0.1) is 0 Å². The molecule has 0 radical (unpaired) electrons. The first-order chi connectivity index (χ1) is 8.70. The highest BCUT2D eigenvalue weighted by Gasteiger charge is 2.12. The van der Waals surface area contributed by atoms with Crippen LogP contribution in [0.15, 0.2) is 22.6 Å². The van der Waals surface area contributed by atoms with Gasteiger partial charge in [0.25, 0.3) is 0 Å². The summed E-state index contributed by atoms with van der Waals surface area (Å²) in [5.74, 6) is 0.981. The third-order valence-electron chi connectivity index (χ3n) is 2.41. The monoisotopic (exact) mass is 267 g/mol. The second-order valence-electron chi connectivity index (χ2n) is 3.77. The van der Waals surface area contributed by atoms with E-state index in [9.17, 15) is 5.11 Å². The van der Waals surface area contributed by atoms with Gasteiger partial charge in [0.2, 0.25) is 11.8 Å². The lowest BCUT2D eigenvalue weighted by molar-refractivity contribution is 0.473. The first-order valence-electron chi connectivity index (χ1n) is 5.72. The zero-order valence-corrected chi connectivity index (χ0v) is 10.7. The fourth-order valence-electron chi connectivity index (χ4n) is 1.51.